The zero-order chi connectivity index (χ0) is 13.1. The first-order valence-corrected chi connectivity index (χ1v) is 6.74. The minimum Gasteiger partial charge on any atom is -0.392 e. The maximum absolute atomic E-state index is 13.0. The van der Waals surface area contributed by atoms with E-state index in [-0.39, 0.29) is 22.9 Å². The van der Waals surface area contributed by atoms with Crippen LogP contribution in [0.25, 0.3) is 0 Å². The zero-order valence-electron chi connectivity index (χ0n) is 9.77. The first-order valence-electron chi connectivity index (χ1n) is 5.25. The van der Waals surface area contributed by atoms with Crippen LogP contribution in [-0.4, -0.2) is 20.1 Å². The lowest BCUT2D eigenvalue weighted by Crippen LogP contribution is -2.28. The Morgan fingerprint density at radius 3 is 2.59 bits per heavy atom. The minimum atomic E-state index is -3.77. The van der Waals surface area contributed by atoms with Crippen LogP contribution < -0.4 is 4.72 Å². The first-order chi connectivity index (χ1) is 7.86. The van der Waals surface area contributed by atoms with Gasteiger partial charge < -0.3 is 5.11 Å². The SMILES string of the molecule is CC(C)CNS(=O)(=O)c1cc(F)ccc1CO. The molecule has 0 atom stereocenters. The molecule has 0 heterocycles. The fourth-order valence-electron chi connectivity index (χ4n) is 1.26. The average molecular weight is 261 g/mol. The summed E-state index contributed by atoms with van der Waals surface area (Å²) in [4.78, 5) is -0.208. The Balaban J connectivity index is 3.09. The number of hydrogen-bond acceptors (Lipinski definition) is 3. The molecule has 0 aromatic heterocycles. The van der Waals surface area contributed by atoms with Gasteiger partial charge in [0.2, 0.25) is 10.0 Å². The maximum Gasteiger partial charge on any atom is 0.241 e. The lowest BCUT2D eigenvalue weighted by molar-refractivity contribution is 0.278. The van der Waals surface area contributed by atoms with E-state index >= 15 is 0 Å². The predicted molar refractivity (Wildman–Crippen MR) is 62.3 cm³/mol. The van der Waals surface area contributed by atoms with Gasteiger partial charge in [-0.2, -0.15) is 0 Å². The van der Waals surface area contributed by atoms with Crippen LogP contribution in [0.1, 0.15) is 19.4 Å². The highest BCUT2D eigenvalue weighted by molar-refractivity contribution is 7.89. The van der Waals surface area contributed by atoms with E-state index in [4.69, 9.17) is 5.11 Å². The number of halogens is 1. The van der Waals surface area contributed by atoms with Crippen LogP contribution in [0.4, 0.5) is 4.39 Å². The van der Waals surface area contributed by atoms with Gasteiger partial charge in [0.1, 0.15) is 5.82 Å². The van der Waals surface area contributed by atoms with E-state index in [1.54, 1.807) is 0 Å². The monoisotopic (exact) mass is 261 g/mol. The summed E-state index contributed by atoms with van der Waals surface area (Å²) in [5, 5.41) is 9.04. The molecule has 0 aliphatic rings. The molecule has 0 amide bonds. The summed E-state index contributed by atoms with van der Waals surface area (Å²) in [6.07, 6.45) is 0. The fraction of sp³-hybridized carbons (Fsp3) is 0.455. The second-order valence-electron chi connectivity index (χ2n) is 4.16. The molecular weight excluding hydrogens is 245 g/mol. The third-order valence-corrected chi connectivity index (χ3v) is 3.68. The predicted octanol–water partition coefficient (Wildman–Crippen LogP) is 1.25. The van der Waals surface area contributed by atoms with Gasteiger partial charge in [0.25, 0.3) is 0 Å². The van der Waals surface area contributed by atoms with Crippen molar-refractivity contribution in [3.05, 3.63) is 29.6 Å². The normalized spacial score (nSPS) is 12.1. The molecular formula is C11H16FNO3S. The van der Waals surface area contributed by atoms with Crippen LogP contribution in [0.5, 0.6) is 0 Å². The van der Waals surface area contributed by atoms with Gasteiger partial charge in [-0.1, -0.05) is 19.9 Å². The number of aliphatic hydroxyl groups excluding tert-OH is 1. The molecule has 0 radical (unpaired) electrons. The smallest absolute Gasteiger partial charge is 0.241 e. The van der Waals surface area contributed by atoms with Gasteiger partial charge in [0.15, 0.2) is 0 Å². The number of benzene rings is 1. The van der Waals surface area contributed by atoms with Crippen molar-refractivity contribution in [1.29, 1.82) is 0 Å². The van der Waals surface area contributed by atoms with Crippen molar-refractivity contribution in [1.82, 2.24) is 4.72 Å². The van der Waals surface area contributed by atoms with E-state index in [0.29, 0.717) is 0 Å². The molecule has 0 aliphatic carbocycles. The molecule has 6 heteroatoms. The molecule has 0 aliphatic heterocycles. The summed E-state index contributed by atoms with van der Waals surface area (Å²) in [5.41, 5.74) is 0.183. The molecule has 0 spiro atoms. The summed E-state index contributed by atoms with van der Waals surface area (Å²) in [6.45, 7) is 3.55. The van der Waals surface area contributed by atoms with Crippen molar-refractivity contribution >= 4 is 10.0 Å². The second-order valence-corrected chi connectivity index (χ2v) is 5.89. The first kappa shape index (κ1) is 14.1. The Morgan fingerprint density at radius 2 is 2.06 bits per heavy atom. The van der Waals surface area contributed by atoms with E-state index in [1.807, 2.05) is 13.8 Å². The van der Waals surface area contributed by atoms with Crippen LogP contribution in [0.15, 0.2) is 23.1 Å². The number of nitrogens with one attached hydrogen (secondary N) is 1. The van der Waals surface area contributed by atoms with Gasteiger partial charge >= 0.3 is 0 Å². The number of aliphatic hydroxyl groups is 1. The summed E-state index contributed by atoms with van der Waals surface area (Å²) < 4.78 is 39.2. The van der Waals surface area contributed by atoms with Gasteiger partial charge in [-0.3, -0.25) is 0 Å². The molecule has 1 aromatic rings. The minimum absolute atomic E-state index is 0.149. The third-order valence-electron chi connectivity index (χ3n) is 2.17. The van der Waals surface area contributed by atoms with E-state index in [1.165, 1.54) is 6.07 Å². The van der Waals surface area contributed by atoms with Crippen molar-refractivity contribution in [3.63, 3.8) is 0 Å². The van der Waals surface area contributed by atoms with Gasteiger partial charge in [-0.05, 0) is 23.6 Å². The van der Waals surface area contributed by atoms with Gasteiger partial charge in [0, 0.05) is 6.54 Å². The fourth-order valence-corrected chi connectivity index (χ4v) is 2.72. The lowest BCUT2D eigenvalue weighted by atomic mass is 10.2. The van der Waals surface area contributed by atoms with E-state index in [0.717, 1.165) is 12.1 Å². The number of rotatable bonds is 5. The van der Waals surface area contributed by atoms with Crippen molar-refractivity contribution in [3.8, 4) is 0 Å². The van der Waals surface area contributed by atoms with Crippen LogP contribution >= 0.6 is 0 Å². The third kappa shape index (κ3) is 3.76. The molecule has 1 rings (SSSR count). The van der Waals surface area contributed by atoms with Crippen LogP contribution in [-0.2, 0) is 16.6 Å². The van der Waals surface area contributed by atoms with Gasteiger partial charge in [-0.15, -0.1) is 0 Å². The highest BCUT2D eigenvalue weighted by Crippen LogP contribution is 2.17. The Kier molecular flexibility index (Phi) is 4.62. The van der Waals surface area contributed by atoms with Gasteiger partial charge in [0.05, 0.1) is 11.5 Å². The molecule has 0 saturated heterocycles. The largest absolute Gasteiger partial charge is 0.392 e. The summed E-state index contributed by atoms with van der Waals surface area (Å²) in [5.74, 6) is -0.497. The molecule has 96 valence electrons. The molecule has 1 aromatic carbocycles. The highest BCUT2D eigenvalue weighted by atomic mass is 32.2. The van der Waals surface area contributed by atoms with Crippen LogP contribution in [0, 0.1) is 11.7 Å². The molecule has 2 N–H and O–H groups in total. The van der Waals surface area contributed by atoms with Gasteiger partial charge in [-0.25, -0.2) is 17.5 Å². The Hall–Kier alpha value is -0.980. The van der Waals surface area contributed by atoms with Crippen LogP contribution in [0.3, 0.4) is 0 Å². The average Bonchev–Trinajstić information content (AvgIpc) is 2.26. The van der Waals surface area contributed by atoms with Crippen molar-refractivity contribution in [2.24, 2.45) is 5.92 Å². The van der Waals surface area contributed by atoms with E-state index < -0.39 is 22.4 Å². The molecule has 17 heavy (non-hydrogen) atoms. The number of sulfonamides is 1. The molecule has 0 unspecified atom stereocenters. The topological polar surface area (TPSA) is 66.4 Å². The molecule has 0 bridgehead atoms. The summed E-state index contributed by atoms with van der Waals surface area (Å²) >= 11 is 0. The van der Waals surface area contributed by atoms with E-state index in [9.17, 15) is 12.8 Å². The van der Waals surface area contributed by atoms with Crippen molar-refractivity contribution < 1.29 is 17.9 Å². The standard InChI is InChI=1S/C11H16FNO3S/c1-8(2)6-13-17(15,16)11-5-10(12)4-3-9(11)7-14/h3-5,8,13-14H,6-7H2,1-2H3. The van der Waals surface area contributed by atoms with E-state index in [2.05, 4.69) is 4.72 Å². The Morgan fingerprint density at radius 1 is 1.41 bits per heavy atom. The molecule has 4 nitrogen and oxygen atoms in total. The Bertz CT molecular complexity index is 485. The number of hydrogen-bond donors (Lipinski definition) is 2. The second kappa shape index (κ2) is 5.57. The lowest BCUT2D eigenvalue weighted by Gasteiger charge is -2.11. The molecule has 0 saturated carbocycles. The van der Waals surface area contributed by atoms with Crippen molar-refractivity contribution in [2.75, 3.05) is 6.54 Å². The maximum atomic E-state index is 13.0. The quantitative estimate of drug-likeness (QED) is 0.838. The summed E-state index contributed by atoms with van der Waals surface area (Å²) in [7, 11) is -3.77. The zero-order valence-corrected chi connectivity index (χ0v) is 10.6. The highest BCUT2D eigenvalue weighted by Gasteiger charge is 2.18. The molecule has 0 fully saturated rings. The van der Waals surface area contributed by atoms with Crippen LogP contribution in [0.2, 0.25) is 0 Å². The summed E-state index contributed by atoms with van der Waals surface area (Å²) in [6, 6.07) is 3.29. The Labute approximate surface area is 101 Å². The van der Waals surface area contributed by atoms with Crippen molar-refractivity contribution in [2.45, 2.75) is 25.3 Å².